The molecule has 2 aromatic rings. The van der Waals surface area contributed by atoms with Crippen LogP contribution in [0.15, 0.2) is 41.3 Å². The van der Waals surface area contributed by atoms with Crippen molar-refractivity contribution in [1.82, 2.24) is 15.3 Å². The second-order valence-corrected chi connectivity index (χ2v) is 4.45. The quantitative estimate of drug-likeness (QED) is 0.816. The van der Waals surface area contributed by atoms with E-state index < -0.39 is 0 Å². The summed E-state index contributed by atoms with van der Waals surface area (Å²) in [4.78, 5) is 30.4. The van der Waals surface area contributed by atoms with Gasteiger partial charge in [0.15, 0.2) is 0 Å². The SMILES string of the molecule is CCCCNC(=O)c1cnc(-c2ccccc2)c(=O)[nH]1. The normalized spacial score (nSPS) is 10.2. The Labute approximate surface area is 117 Å². The minimum atomic E-state index is -0.362. The minimum Gasteiger partial charge on any atom is -0.351 e. The minimum absolute atomic E-state index is 0.186. The smallest absolute Gasteiger partial charge is 0.275 e. The van der Waals surface area contributed by atoms with E-state index in [9.17, 15) is 9.59 Å². The van der Waals surface area contributed by atoms with Gasteiger partial charge in [-0.25, -0.2) is 4.98 Å². The van der Waals surface area contributed by atoms with Crippen LogP contribution in [0, 0.1) is 0 Å². The van der Waals surface area contributed by atoms with Crippen molar-refractivity contribution in [3.63, 3.8) is 0 Å². The van der Waals surface area contributed by atoms with Crippen LogP contribution < -0.4 is 10.9 Å². The summed E-state index contributed by atoms with van der Waals surface area (Å²) in [6.07, 6.45) is 3.30. The van der Waals surface area contributed by atoms with Gasteiger partial charge in [-0.15, -0.1) is 0 Å². The summed E-state index contributed by atoms with van der Waals surface area (Å²) in [6, 6.07) is 9.15. The van der Waals surface area contributed by atoms with Crippen LogP contribution in [-0.2, 0) is 0 Å². The number of aromatic amines is 1. The number of hydrogen-bond donors (Lipinski definition) is 2. The Kier molecular flexibility index (Phi) is 4.65. The number of carbonyl (C=O) groups is 1. The maximum Gasteiger partial charge on any atom is 0.275 e. The van der Waals surface area contributed by atoms with E-state index in [1.165, 1.54) is 6.20 Å². The molecule has 5 nitrogen and oxygen atoms in total. The molecule has 5 heteroatoms. The van der Waals surface area contributed by atoms with Crippen LogP contribution in [0.2, 0.25) is 0 Å². The van der Waals surface area contributed by atoms with Crippen LogP contribution in [0.3, 0.4) is 0 Å². The molecule has 0 aliphatic carbocycles. The molecule has 0 bridgehead atoms. The van der Waals surface area contributed by atoms with Crippen LogP contribution >= 0.6 is 0 Å². The van der Waals surface area contributed by atoms with Crippen LogP contribution in [0.4, 0.5) is 0 Å². The largest absolute Gasteiger partial charge is 0.351 e. The molecular formula is C15H17N3O2. The fourth-order valence-corrected chi connectivity index (χ4v) is 1.79. The first-order valence-electron chi connectivity index (χ1n) is 6.65. The highest BCUT2D eigenvalue weighted by Crippen LogP contribution is 2.10. The third-order valence-electron chi connectivity index (χ3n) is 2.89. The predicted molar refractivity (Wildman–Crippen MR) is 77.5 cm³/mol. The van der Waals surface area contributed by atoms with Crippen molar-refractivity contribution in [2.75, 3.05) is 6.54 Å². The summed E-state index contributed by atoms with van der Waals surface area (Å²) >= 11 is 0. The zero-order chi connectivity index (χ0) is 14.4. The average molecular weight is 271 g/mol. The van der Waals surface area contributed by atoms with E-state index in [0.29, 0.717) is 12.2 Å². The second kappa shape index (κ2) is 6.65. The Morgan fingerprint density at radius 2 is 2.05 bits per heavy atom. The van der Waals surface area contributed by atoms with Gasteiger partial charge < -0.3 is 10.3 Å². The molecule has 0 spiro atoms. The van der Waals surface area contributed by atoms with Crippen molar-refractivity contribution >= 4 is 5.91 Å². The van der Waals surface area contributed by atoms with E-state index in [2.05, 4.69) is 15.3 Å². The maximum absolute atomic E-state index is 12.0. The zero-order valence-corrected chi connectivity index (χ0v) is 11.3. The molecule has 0 aliphatic heterocycles. The van der Waals surface area contributed by atoms with Gasteiger partial charge in [0.2, 0.25) is 0 Å². The first-order chi connectivity index (χ1) is 9.72. The van der Waals surface area contributed by atoms with Crippen LogP contribution in [0.5, 0.6) is 0 Å². The number of hydrogen-bond acceptors (Lipinski definition) is 3. The molecular weight excluding hydrogens is 254 g/mol. The lowest BCUT2D eigenvalue weighted by atomic mass is 10.1. The molecule has 1 aromatic heterocycles. The number of nitrogens with one attached hydrogen (secondary N) is 2. The first kappa shape index (κ1) is 14.0. The van der Waals surface area contributed by atoms with Crippen molar-refractivity contribution < 1.29 is 4.79 Å². The number of aromatic nitrogens is 2. The third kappa shape index (κ3) is 3.32. The van der Waals surface area contributed by atoms with E-state index >= 15 is 0 Å². The van der Waals surface area contributed by atoms with Crippen molar-refractivity contribution in [1.29, 1.82) is 0 Å². The summed E-state index contributed by atoms with van der Waals surface area (Å²) in [6.45, 7) is 2.64. The van der Waals surface area contributed by atoms with Gasteiger partial charge in [0.25, 0.3) is 11.5 Å². The van der Waals surface area contributed by atoms with Crippen molar-refractivity contribution in [2.45, 2.75) is 19.8 Å². The molecule has 1 heterocycles. The second-order valence-electron chi connectivity index (χ2n) is 4.45. The number of unbranched alkanes of at least 4 members (excludes halogenated alkanes) is 1. The molecule has 0 fully saturated rings. The summed E-state index contributed by atoms with van der Waals surface area (Å²) < 4.78 is 0. The van der Waals surface area contributed by atoms with Gasteiger partial charge in [0.05, 0.1) is 6.20 Å². The topological polar surface area (TPSA) is 74.8 Å². The van der Waals surface area contributed by atoms with Crippen molar-refractivity contribution in [2.24, 2.45) is 0 Å². The van der Waals surface area contributed by atoms with Crippen LogP contribution in [0.1, 0.15) is 30.3 Å². The predicted octanol–water partition coefficient (Wildman–Crippen LogP) is 1.97. The Balaban J connectivity index is 2.18. The number of H-pyrrole nitrogens is 1. The highest BCUT2D eigenvalue weighted by molar-refractivity contribution is 5.92. The summed E-state index contributed by atoms with van der Waals surface area (Å²) in [5.74, 6) is -0.303. The summed E-state index contributed by atoms with van der Waals surface area (Å²) in [7, 11) is 0. The van der Waals surface area contributed by atoms with Gasteiger partial charge in [-0.1, -0.05) is 43.7 Å². The average Bonchev–Trinajstić information content (AvgIpc) is 2.48. The number of nitrogens with zero attached hydrogens (tertiary/aromatic N) is 1. The monoisotopic (exact) mass is 271 g/mol. The number of carbonyl (C=O) groups excluding carboxylic acids is 1. The summed E-state index contributed by atoms with van der Waals surface area (Å²) in [5, 5.41) is 2.74. The van der Waals surface area contributed by atoms with Gasteiger partial charge in [-0.3, -0.25) is 9.59 Å². The van der Waals surface area contributed by atoms with Gasteiger partial charge in [-0.05, 0) is 6.42 Å². The molecule has 0 atom stereocenters. The highest BCUT2D eigenvalue weighted by atomic mass is 16.2. The van der Waals surface area contributed by atoms with E-state index in [4.69, 9.17) is 0 Å². The standard InChI is InChI=1S/C15H17N3O2/c1-2-3-9-16-14(19)12-10-17-13(15(20)18-12)11-7-5-4-6-8-11/h4-8,10H,2-3,9H2,1H3,(H,16,19)(H,18,20). The molecule has 1 amide bonds. The van der Waals surface area contributed by atoms with Crippen LogP contribution in [-0.4, -0.2) is 22.4 Å². The zero-order valence-electron chi connectivity index (χ0n) is 11.3. The van der Waals surface area contributed by atoms with Crippen molar-refractivity contribution in [3.05, 3.63) is 52.6 Å². The Morgan fingerprint density at radius 1 is 1.30 bits per heavy atom. The van der Waals surface area contributed by atoms with E-state index in [1.54, 1.807) is 12.1 Å². The Morgan fingerprint density at radius 3 is 2.70 bits per heavy atom. The molecule has 2 N–H and O–H groups in total. The molecule has 0 saturated heterocycles. The van der Waals surface area contributed by atoms with E-state index in [1.807, 2.05) is 25.1 Å². The molecule has 0 aliphatic rings. The van der Waals surface area contributed by atoms with Gasteiger partial charge in [0.1, 0.15) is 11.4 Å². The molecule has 0 saturated carbocycles. The van der Waals surface area contributed by atoms with Gasteiger partial charge in [0, 0.05) is 12.1 Å². The fourth-order valence-electron chi connectivity index (χ4n) is 1.79. The molecule has 20 heavy (non-hydrogen) atoms. The molecule has 1 aromatic carbocycles. The number of rotatable bonds is 5. The maximum atomic E-state index is 12.0. The fraction of sp³-hybridized carbons (Fsp3) is 0.267. The third-order valence-corrected chi connectivity index (χ3v) is 2.89. The first-order valence-corrected chi connectivity index (χ1v) is 6.65. The van der Waals surface area contributed by atoms with Crippen molar-refractivity contribution in [3.8, 4) is 11.3 Å². The van der Waals surface area contributed by atoms with Gasteiger partial charge >= 0.3 is 0 Å². The molecule has 104 valence electrons. The molecule has 0 unspecified atom stereocenters. The summed E-state index contributed by atoms with van der Waals surface area (Å²) in [5.41, 5.74) is 0.868. The molecule has 0 radical (unpaired) electrons. The number of amides is 1. The Hall–Kier alpha value is -2.43. The lowest BCUT2D eigenvalue weighted by Crippen LogP contribution is -2.28. The number of benzene rings is 1. The Bertz CT molecular complexity index is 635. The van der Waals surface area contributed by atoms with Crippen LogP contribution in [0.25, 0.3) is 11.3 Å². The van der Waals surface area contributed by atoms with E-state index in [-0.39, 0.29) is 17.2 Å². The lowest BCUT2D eigenvalue weighted by Gasteiger charge is -2.05. The highest BCUT2D eigenvalue weighted by Gasteiger charge is 2.10. The lowest BCUT2D eigenvalue weighted by molar-refractivity contribution is 0.0947. The van der Waals surface area contributed by atoms with E-state index in [0.717, 1.165) is 18.4 Å². The van der Waals surface area contributed by atoms with Gasteiger partial charge in [-0.2, -0.15) is 0 Å². The molecule has 2 rings (SSSR count).